The Hall–Kier alpha value is -2.76. The molecule has 0 bridgehead atoms. The highest BCUT2D eigenvalue weighted by Crippen LogP contribution is 2.18. The molecule has 2 rings (SSSR count). The Morgan fingerprint density at radius 1 is 1.30 bits per heavy atom. The molecule has 3 N–H and O–H groups in total. The molecule has 1 heterocycles. The zero-order valence-electron chi connectivity index (χ0n) is 11.0. The van der Waals surface area contributed by atoms with E-state index in [-0.39, 0.29) is 5.84 Å². The summed E-state index contributed by atoms with van der Waals surface area (Å²) in [6.07, 6.45) is 1.66. The molecule has 0 aliphatic rings. The van der Waals surface area contributed by atoms with Crippen LogP contribution in [-0.4, -0.2) is 23.1 Å². The number of rotatable bonds is 5. The summed E-state index contributed by atoms with van der Waals surface area (Å²) in [4.78, 5) is 4.10. The van der Waals surface area contributed by atoms with Crippen LogP contribution >= 0.6 is 0 Å². The molecule has 20 heavy (non-hydrogen) atoms. The Labute approximate surface area is 116 Å². The van der Waals surface area contributed by atoms with Gasteiger partial charge in [-0.1, -0.05) is 5.16 Å². The highest BCUT2D eigenvalue weighted by Gasteiger charge is 2.05. The van der Waals surface area contributed by atoms with Gasteiger partial charge in [0.05, 0.1) is 12.7 Å². The van der Waals surface area contributed by atoms with Crippen molar-refractivity contribution in [2.45, 2.75) is 6.61 Å². The number of hydrogen-bond acceptors (Lipinski definition) is 5. The maximum Gasteiger partial charge on any atom is 0.219 e. The van der Waals surface area contributed by atoms with Crippen LogP contribution in [0.3, 0.4) is 0 Å². The van der Waals surface area contributed by atoms with Crippen molar-refractivity contribution in [2.24, 2.45) is 10.9 Å². The van der Waals surface area contributed by atoms with Crippen molar-refractivity contribution in [3.8, 4) is 11.6 Å². The number of benzene rings is 1. The lowest BCUT2D eigenvalue weighted by molar-refractivity contribution is 0.294. The first kappa shape index (κ1) is 13.7. The average Bonchev–Trinajstić information content (AvgIpc) is 2.53. The Balaban J connectivity index is 2.04. The summed E-state index contributed by atoms with van der Waals surface area (Å²) < 4.78 is 10.8. The summed E-state index contributed by atoms with van der Waals surface area (Å²) in [6, 6.07) is 10.6. The molecule has 0 atom stereocenters. The molecule has 0 aliphatic carbocycles. The van der Waals surface area contributed by atoms with Crippen LogP contribution in [0.5, 0.6) is 11.6 Å². The first-order chi connectivity index (χ1) is 9.74. The maximum atomic E-state index is 8.58. The van der Waals surface area contributed by atoms with Crippen LogP contribution in [0, 0.1) is 0 Å². The summed E-state index contributed by atoms with van der Waals surface area (Å²) in [6.45, 7) is 0.347. The molecule has 1 aromatic carbocycles. The SMILES string of the molecule is COc1ncccc1COc1ccc(/C(N)=N/O)cc1. The third-order valence-electron chi connectivity index (χ3n) is 2.70. The first-order valence-electron chi connectivity index (χ1n) is 5.93. The molecule has 0 fully saturated rings. The van der Waals surface area contributed by atoms with Crippen molar-refractivity contribution in [1.82, 2.24) is 4.98 Å². The third kappa shape index (κ3) is 3.17. The number of nitrogens with zero attached hydrogens (tertiary/aromatic N) is 2. The molecule has 1 aromatic heterocycles. The quantitative estimate of drug-likeness (QED) is 0.375. The molecule has 0 saturated heterocycles. The number of methoxy groups -OCH3 is 1. The zero-order chi connectivity index (χ0) is 14.4. The van der Waals surface area contributed by atoms with Gasteiger partial charge in [-0.3, -0.25) is 0 Å². The van der Waals surface area contributed by atoms with Crippen molar-refractivity contribution in [3.05, 3.63) is 53.7 Å². The van der Waals surface area contributed by atoms with E-state index in [1.54, 1.807) is 37.6 Å². The van der Waals surface area contributed by atoms with E-state index in [1.165, 1.54) is 0 Å². The fourth-order valence-electron chi connectivity index (χ4n) is 1.66. The molecule has 0 aliphatic heterocycles. The van der Waals surface area contributed by atoms with Gasteiger partial charge in [0.2, 0.25) is 5.88 Å². The molecular formula is C14H15N3O3. The van der Waals surface area contributed by atoms with E-state index in [0.717, 1.165) is 5.56 Å². The fourth-order valence-corrected chi connectivity index (χ4v) is 1.66. The molecule has 0 amide bonds. The van der Waals surface area contributed by atoms with E-state index in [4.69, 9.17) is 20.4 Å². The second kappa shape index (κ2) is 6.42. The summed E-state index contributed by atoms with van der Waals surface area (Å²) in [5.41, 5.74) is 6.96. The van der Waals surface area contributed by atoms with Gasteiger partial charge in [-0.15, -0.1) is 0 Å². The van der Waals surface area contributed by atoms with Crippen LogP contribution in [0.2, 0.25) is 0 Å². The Morgan fingerprint density at radius 3 is 2.70 bits per heavy atom. The largest absolute Gasteiger partial charge is 0.489 e. The van der Waals surface area contributed by atoms with Gasteiger partial charge in [0, 0.05) is 11.8 Å². The van der Waals surface area contributed by atoms with Crippen LogP contribution < -0.4 is 15.2 Å². The minimum Gasteiger partial charge on any atom is -0.489 e. The van der Waals surface area contributed by atoms with Crippen LogP contribution in [-0.2, 0) is 6.61 Å². The molecular weight excluding hydrogens is 258 g/mol. The lowest BCUT2D eigenvalue weighted by Gasteiger charge is -2.09. The smallest absolute Gasteiger partial charge is 0.219 e. The number of aromatic nitrogens is 1. The topological polar surface area (TPSA) is 90.0 Å². The number of hydrogen-bond donors (Lipinski definition) is 2. The lowest BCUT2D eigenvalue weighted by Crippen LogP contribution is -2.12. The van der Waals surface area contributed by atoms with Gasteiger partial charge < -0.3 is 20.4 Å². The predicted molar refractivity (Wildman–Crippen MR) is 74.1 cm³/mol. The fraction of sp³-hybridized carbons (Fsp3) is 0.143. The van der Waals surface area contributed by atoms with E-state index in [0.29, 0.717) is 23.8 Å². The zero-order valence-corrected chi connectivity index (χ0v) is 11.0. The third-order valence-corrected chi connectivity index (χ3v) is 2.70. The standard InChI is InChI=1S/C14H15N3O3/c1-19-14-11(3-2-8-16-14)9-20-12-6-4-10(5-7-12)13(15)17-18/h2-8,18H,9H2,1H3,(H2,15,17). The summed E-state index contributed by atoms with van der Waals surface area (Å²) >= 11 is 0. The minimum absolute atomic E-state index is 0.0606. The van der Waals surface area contributed by atoms with Crippen LogP contribution in [0.1, 0.15) is 11.1 Å². The van der Waals surface area contributed by atoms with Crippen LogP contribution in [0.4, 0.5) is 0 Å². The van der Waals surface area contributed by atoms with Crippen molar-refractivity contribution in [2.75, 3.05) is 7.11 Å². The van der Waals surface area contributed by atoms with Crippen LogP contribution in [0.25, 0.3) is 0 Å². The van der Waals surface area contributed by atoms with Gasteiger partial charge in [-0.2, -0.15) is 0 Å². The first-order valence-corrected chi connectivity index (χ1v) is 5.93. The van der Waals surface area contributed by atoms with E-state index in [1.807, 2.05) is 12.1 Å². The van der Waals surface area contributed by atoms with E-state index in [9.17, 15) is 0 Å². The molecule has 6 heteroatoms. The molecule has 0 radical (unpaired) electrons. The Kier molecular flexibility index (Phi) is 4.39. The lowest BCUT2D eigenvalue weighted by atomic mass is 10.2. The summed E-state index contributed by atoms with van der Waals surface area (Å²) in [5.74, 6) is 1.27. The molecule has 2 aromatic rings. The van der Waals surface area contributed by atoms with Crippen molar-refractivity contribution < 1.29 is 14.7 Å². The van der Waals surface area contributed by atoms with Crippen molar-refractivity contribution in [3.63, 3.8) is 0 Å². The number of pyridine rings is 1. The second-order valence-electron chi connectivity index (χ2n) is 3.97. The Morgan fingerprint density at radius 2 is 2.05 bits per heavy atom. The van der Waals surface area contributed by atoms with Crippen LogP contribution in [0.15, 0.2) is 47.8 Å². The summed E-state index contributed by atoms with van der Waals surface area (Å²) in [5, 5.41) is 11.5. The Bertz CT molecular complexity index is 597. The van der Waals surface area contributed by atoms with Crippen molar-refractivity contribution in [1.29, 1.82) is 0 Å². The number of oxime groups is 1. The number of ether oxygens (including phenoxy) is 2. The number of nitrogens with two attached hydrogens (primary N) is 1. The molecule has 104 valence electrons. The average molecular weight is 273 g/mol. The predicted octanol–water partition coefficient (Wildman–Crippen LogP) is 1.76. The van der Waals surface area contributed by atoms with Gasteiger partial charge in [0.25, 0.3) is 0 Å². The monoisotopic (exact) mass is 273 g/mol. The minimum atomic E-state index is 0.0606. The van der Waals surface area contributed by atoms with Gasteiger partial charge in [0.15, 0.2) is 5.84 Å². The highest BCUT2D eigenvalue weighted by molar-refractivity contribution is 5.97. The van der Waals surface area contributed by atoms with Gasteiger partial charge in [0.1, 0.15) is 12.4 Å². The molecule has 0 spiro atoms. The normalized spacial score (nSPS) is 11.2. The summed E-state index contributed by atoms with van der Waals surface area (Å²) in [7, 11) is 1.57. The van der Waals surface area contributed by atoms with E-state index >= 15 is 0 Å². The molecule has 6 nitrogen and oxygen atoms in total. The van der Waals surface area contributed by atoms with Gasteiger partial charge >= 0.3 is 0 Å². The molecule has 0 unspecified atom stereocenters. The number of amidine groups is 1. The van der Waals surface area contributed by atoms with Gasteiger partial charge in [-0.05, 0) is 36.4 Å². The van der Waals surface area contributed by atoms with Crippen molar-refractivity contribution >= 4 is 5.84 Å². The second-order valence-corrected chi connectivity index (χ2v) is 3.97. The maximum absolute atomic E-state index is 8.58. The molecule has 0 saturated carbocycles. The highest BCUT2D eigenvalue weighted by atomic mass is 16.5. The van der Waals surface area contributed by atoms with E-state index in [2.05, 4.69) is 10.1 Å². The van der Waals surface area contributed by atoms with E-state index < -0.39 is 0 Å². The van der Waals surface area contributed by atoms with Gasteiger partial charge in [-0.25, -0.2) is 4.98 Å².